The Morgan fingerprint density at radius 1 is 1.27 bits per heavy atom. The van der Waals surface area contributed by atoms with Gasteiger partial charge in [0.25, 0.3) is 0 Å². The van der Waals surface area contributed by atoms with Crippen LogP contribution in [0.5, 0.6) is 0 Å². The van der Waals surface area contributed by atoms with Crippen molar-refractivity contribution in [2.24, 2.45) is 0 Å². The van der Waals surface area contributed by atoms with Crippen molar-refractivity contribution < 1.29 is 0 Å². The van der Waals surface area contributed by atoms with E-state index in [-0.39, 0.29) is 0 Å². The second kappa shape index (κ2) is 4.77. The summed E-state index contributed by atoms with van der Waals surface area (Å²) < 4.78 is 0. The van der Waals surface area contributed by atoms with Gasteiger partial charge in [0, 0.05) is 19.2 Å². The number of hydrogen-bond acceptors (Lipinski definition) is 4. The molecule has 0 aliphatic carbocycles. The van der Waals surface area contributed by atoms with E-state index in [1.165, 1.54) is 19.3 Å². The first-order valence-electron chi connectivity index (χ1n) is 5.27. The number of anilines is 1. The Bertz CT molecular complexity index is 316. The van der Waals surface area contributed by atoms with Crippen LogP contribution in [0, 0.1) is 6.92 Å². The molecule has 15 heavy (non-hydrogen) atoms. The van der Waals surface area contributed by atoms with Crippen molar-refractivity contribution in [2.45, 2.75) is 26.2 Å². The number of rotatable bonds is 2. The second-order valence-corrected chi connectivity index (χ2v) is 4.17. The average Bonchev–Trinajstić information content (AvgIpc) is 2.17. The van der Waals surface area contributed by atoms with E-state index in [4.69, 9.17) is 11.6 Å². The Kier molecular flexibility index (Phi) is 3.38. The molecule has 82 valence electrons. The van der Waals surface area contributed by atoms with Gasteiger partial charge in [0.2, 0.25) is 0 Å². The van der Waals surface area contributed by atoms with Crippen LogP contribution in [0.2, 0.25) is 5.15 Å². The normalized spacial score (nSPS) is 17.7. The molecule has 5 heteroatoms. The SMILES string of the molecule is Cc1nc(Cl)cc(NN2CCCCC2)n1. The standard InChI is InChI=1S/C10H15ClN4/c1-8-12-9(11)7-10(13-8)14-15-5-3-2-4-6-15/h7H,2-6H2,1H3,(H,12,13,14). The lowest BCUT2D eigenvalue weighted by atomic mass is 10.2. The molecule has 0 radical (unpaired) electrons. The average molecular weight is 227 g/mol. The Morgan fingerprint density at radius 3 is 2.67 bits per heavy atom. The van der Waals surface area contributed by atoms with Crippen LogP contribution >= 0.6 is 11.6 Å². The van der Waals surface area contributed by atoms with Crippen LogP contribution in [0.1, 0.15) is 25.1 Å². The molecule has 1 aliphatic heterocycles. The van der Waals surface area contributed by atoms with Crippen molar-refractivity contribution in [3.63, 3.8) is 0 Å². The lowest BCUT2D eigenvalue weighted by Crippen LogP contribution is -2.35. The highest BCUT2D eigenvalue weighted by atomic mass is 35.5. The van der Waals surface area contributed by atoms with E-state index in [2.05, 4.69) is 20.4 Å². The van der Waals surface area contributed by atoms with Gasteiger partial charge in [0.15, 0.2) is 0 Å². The van der Waals surface area contributed by atoms with E-state index in [1.807, 2.05) is 6.92 Å². The number of hydrazine groups is 1. The van der Waals surface area contributed by atoms with Crippen molar-refractivity contribution >= 4 is 17.4 Å². The molecule has 0 unspecified atom stereocenters. The predicted octanol–water partition coefficient (Wildman–Crippen LogP) is 2.25. The minimum Gasteiger partial charge on any atom is -0.303 e. The molecule has 0 atom stereocenters. The Morgan fingerprint density at radius 2 is 2.00 bits per heavy atom. The van der Waals surface area contributed by atoms with Crippen molar-refractivity contribution in [3.8, 4) is 0 Å². The number of hydrogen-bond donors (Lipinski definition) is 1. The van der Waals surface area contributed by atoms with Crippen LogP contribution in [0.25, 0.3) is 0 Å². The smallest absolute Gasteiger partial charge is 0.145 e. The van der Waals surface area contributed by atoms with Gasteiger partial charge >= 0.3 is 0 Å². The molecule has 0 bridgehead atoms. The number of aryl methyl sites for hydroxylation is 1. The van der Waals surface area contributed by atoms with Crippen LogP contribution in [0.3, 0.4) is 0 Å². The molecule has 4 nitrogen and oxygen atoms in total. The summed E-state index contributed by atoms with van der Waals surface area (Å²) in [5.41, 5.74) is 3.26. The number of nitrogens with zero attached hydrogens (tertiary/aromatic N) is 3. The fraction of sp³-hybridized carbons (Fsp3) is 0.600. The first kappa shape index (κ1) is 10.6. The molecule has 0 amide bonds. The summed E-state index contributed by atoms with van der Waals surface area (Å²) in [6, 6.07) is 1.75. The summed E-state index contributed by atoms with van der Waals surface area (Å²) in [7, 11) is 0. The van der Waals surface area contributed by atoms with Gasteiger partial charge in [-0.2, -0.15) is 0 Å². The van der Waals surface area contributed by atoms with Crippen LogP contribution in [0.15, 0.2) is 6.07 Å². The zero-order valence-corrected chi connectivity index (χ0v) is 9.59. The van der Waals surface area contributed by atoms with Crippen molar-refractivity contribution in [3.05, 3.63) is 17.0 Å². The predicted molar refractivity (Wildman–Crippen MR) is 60.8 cm³/mol. The molecular formula is C10H15ClN4. The van der Waals surface area contributed by atoms with E-state index in [1.54, 1.807) is 6.07 Å². The van der Waals surface area contributed by atoms with Crippen LogP contribution < -0.4 is 5.43 Å². The maximum atomic E-state index is 5.86. The molecule has 1 fully saturated rings. The highest BCUT2D eigenvalue weighted by Gasteiger charge is 2.10. The molecule has 1 aromatic rings. The first-order chi connectivity index (χ1) is 7.24. The van der Waals surface area contributed by atoms with Crippen LogP contribution in [0.4, 0.5) is 5.82 Å². The largest absolute Gasteiger partial charge is 0.303 e. The van der Waals surface area contributed by atoms with E-state index in [9.17, 15) is 0 Å². The third-order valence-corrected chi connectivity index (χ3v) is 2.63. The van der Waals surface area contributed by atoms with Gasteiger partial charge in [-0.25, -0.2) is 15.0 Å². The Balaban J connectivity index is 2.02. The maximum absolute atomic E-state index is 5.86. The molecule has 1 aromatic heterocycles. The van der Waals surface area contributed by atoms with Crippen LogP contribution in [-0.4, -0.2) is 28.1 Å². The van der Waals surface area contributed by atoms with Gasteiger partial charge in [-0.3, -0.25) is 0 Å². The lowest BCUT2D eigenvalue weighted by Gasteiger charge is -2.27. The molecular weight excluding hydrogens is 212 g/mol. The summed E-state index contributed by atoms with van der Waals surface area (Å²) in [6.07, 6.45) is 3.80. The molecule has 0 spiro atoms. The van der Waals surface area contributed by atoms with Crippen molar-refractivity contribution in [2.75, 3.05) is 18.5 Å². The highest BCUT2D eigenvalue weighted by Crippen LogP contribution is 2.14. The van der Waals surface area contributed by atoms with E-state index in [0.29, 0.717) is 11.0 Å². The number of aromatic nitrogens is 2. The number of nitrogens with one attached hydrogen (secondary N) is 1. The topological polar surface area (TPSA) is 41.1 Å². The number of halogens is 1. The third-order valence-electron chi connectivity index (χ3n) is 2.44. The Hall–Kier alpha value is -0.870. The van der Waals surface area contributed by atoms with Gasteiger partial charge in [-0.1, -0.05) is 18.0 Å². The van der Waals surface area contributed by atoms with E-state index >= 15 is 0 Å². The van der Waals surface area contributed by atoms with E-state index < -0.39 is 0 Å². The molecule has 0 saturated carbocycles. The first-order valence-corrected chi connectivity index (χ1v) is 5.64. The lowest BCUT2D eigenvalue weighted by molar-refractivity contribution is 0.272. The fourth-order valence-electron chi connectivity index (χ4n) is 1.76. The summed E-state index contributed by atoms with van der Waals surface area (Å²) in [6.45, 7) is 3.98. The van der Waals surface area contributed by atoms with Crippen molar-refractivity contribution in [1.29, 1.82) is 0 Å². The highest BCUT2D eigenvalue weighted by molar-refractivity contribution is 6.29. The summed E-state index contributed by atoms with van der Waals surface area (Å²) in [5.74, 6) is 1.48. The summed E-state index contributed by atoms with van der Waals surface area (Å²) in [5, 5.41) is 2.67. The zero-order chi connectivity index (χ0) is 10.7. The minimum atomic E-state index is 0.488. The molecule has 1 saturated heterocycles. The minimum absolute atomic E-state index is 0.488. The van der Waals surface area contributed by atoms with Crippen molar-refractivity contribution in [1.82, 2.24) is 15.0 Å². The van der Waals surface area contributed by atoms with Gasteiger partial charge in [0.1, 0.15) is 16.8 Å². The monoisotopic (exact) mass is 226 g/mol. The Labute approximate surface area is 94.6 Å². The molecule has 0 aromatic carbocycles. The quantitative estimate of drug-likeness (QED) is 0.786. The summed E-state index contributed by atoms with van der Waals surface area (Å²) >= 11 is 5.86. The van der Waals surface area contributed by atoms with Crippen LogP contribution in [-0.2, 0) is 0 Å². The van der Waals surface area contributed by atoms with Gasteiger partial charge in [-0.15, -0.1) is 0 Å². The van der Waals surface area contributed by atoms with Gasteiger partial charge in [0.05, 0.1) is 0 Å². The summed E-state index contributed by atoms with van der Waals surface area (Å²) in [4.78, 5) is 8.30. The van der Waals surface area contributed by atoms with E-state index in [0.717, 1.165) is 18.9 Å². The van der Waals surface area contributed by atoms with Gasteiger partial charge < -0.3 is 5.43 Å². The zero-order valence-electron chi connectivity index (χ0n) is 8.83. The van der Waals surface area contributed by atoms with Gasteiger partial charge in [-0.05, 0) is 19.8 Å². The molecule has 1 N–H and O–H groups in total. The maximum Gasteiger partial charge on any atom is 0.145 e. The third kappa shape index (κ3) is 3.04. The second-order valence-electron chi connectivity index (χ2n) is 3.78. The molecule has 2 rings (SSSR count). The number of piperidine rings is 1. The molecule has 1 aliphatic rings. The fourth-order valence-corrected chi connectivity index (χ4v) is 1.98. The molecule has 2 heterocycles.